The first kappa shape index (κ1) is 34.5. The van der Waals surface area contributed by atoms with Gasteiger partial charge in [-0.25, -0.2) is 4.79 Å². The number of ketones is 2. The van der Waals surface area contributed by atoms with Gasteiger partial charge in [-0.05, 0) is 77.2 Å². The number of epoxide rings is 1. The Bertz CT molecular complexity index is 1100. The number of nitrogens with two attached hydrogens (primary N) is 2. The number of rotatable bonds is 15. The number of ether oxygens (including phenoxy) is 2. The molecule has 2 saturated heterocycles. The summed E-state index contributed by atoms with van der Waals surface area (Å²) in [6.07, 6.45) is 11.4. The van der Waals surface area contributed by atoms with Gasteiger partial charge in [0.1, 0.15) is 6.10 Å². The van der Waals surface area contributed by atoms with Crippen LogP contribution in [-0.4, -0.2) is 78.3 Å². The van der Waals surface area contributed by atoms with E-state index in [4.69, 9.17) is 20.9 Å². The zero-order chi connectivity index (χ0) is 31.9. The van der Waals surface area contributed by atoms with Crippen molar-refractivity contribution in [2.24, 2.45) is 34.2 Å². The second-order valence-corrected chi connectivity index (χ2v) is 13.4. The smallest absolute Gasteiger partial charge is 0.350 e. The second kappa shape index (κ2) is 15.3. The van der Waals surface area contributed by atoms with Gasteiger partial charge in [0.2, 0.25) is 0 Å². The predicted molar refractivity (Wildman–Crippen MR) is 169 cm³/mol. The van der Waals surface area contributed by atoms with E-state index in [1.165, 1.54) is 0 Å². The molecule has 0 bridgehead atoms. The number of guanidine groups is 1. The van der Waals surface area contributed by atoms with Crippen molar-refractivity contribution in [1.82, 2.24) is 10.6 Å². The summed E-state index contributed by atoms with van der Waals surface area (Å²) in [5.41, 5.74) is 9.84. The van der Waals surface area contributed by atoms with Crippen LogP contribution in [0.4, 0.5) is 0 Å². The number of hydrogen-bond donors (Lipinski definition) is 5. The van der Waals surface area contributed by atoms with Crippen LogP contribution in [0.3, 0.4) is 0 Å². The molecule has 4 aliphatic rings. The number of unbranched alkanes of at least 4 members (excludes halogenated alkanes) is 2. The van der Waals surface area contributed by atoms with Crippen LogP contribution in [0.5, 0.6) is 0 Å². The van der Waals surface area contributed by atoms with E-state index < -0.39 is 35.1 Å². The second-order valence-electron chi connectivity index (χ2n) is 13.4. The molecule has 4 fully saturated rings. The summed E-state index contributed by atoms with van der Waals surface area (Å²) in [6.45, 7) is 4.90. The van der Waals surface area contributed by atoms with Crippen molar-refractivity contribution in [3.63, 3.8) is 0 Å². The van der Waals surface area contributed by atoms with Crippen LogP contribution in [-0.2, 0) is 23.9 Å². The quantitative estimate of drug-likeness (QED) is 0.0348. The monoisotopic (exact) mass is 617 g/mol. The minimum absolute atomic E-state index is 0.00638. The zero-order valence-electron chi connectivity index (χ0n) is 26.9. The lowest BCUT2D eigenvalue weighted by atomic mass is 9.61. The molecule has 44 heavy (non-hydrogen) atoms. The molecule has 2 heterocycles. The molecule has 0 aromatic carbocycles. The fraction of sp³-hybridized carbons (Fsp3) is 0.818. The first-order valence-corrected chi connectivity index (χ1v) is 16.9. The Kier molecular flexibility index (Phi) is 12.0. The molecule has 0 amide bonds. The highest BCUT2D eigenvalue weighted by Gasteiger charge is 2.87. The number of piperidine rings is 1. The summed E-state index contributed by atoms with van der Waals surface area (Å²) in [5.74, 6) is -1.47. The number of carbonyl (C=O) groups excluding carboxylic acids is 3. The van der Waals surface area contributed by atoms with Crippen LogP contribution >= 0.6 is 0 Å². The van der Waals surface area contributed by atoms with E-state index in [-0.39, 0.29) is 42.7 Å². The number of Topliss-reactive ketones (excluding diaryl/α,β-unsaturated/α-hetero) is 2. The Balaban J connectivity index is 1.57. The number of aliphatic imine (C=N–C) groups is 1. The summed E-state index contributed by atoms with van der Waals surface area (Å²) in [4.78, 5) is 46.3. The van der Waals surface area contributed by atoms with Gasteiger partial charge in [-0.3, -0.25) is 14.6 Å². The van der Waals surface area contributed by atoms with Crippen molar-refractivity contribution in [1.29, 1.82) is 0 Å². The fourth-order valence-corrected chi connectivity index (χ4v) is 7.74. The third-order valence-electron chi connectivity index (χ3n) is 10.3. The molecule has 4 rings (SSSR count). The average Bonchev–Trinajstić information content (AvgIpc) is 3.73. The van der Waals surface area contributed by atoms with Gasteiger partial charge >= 0.3 is 5.97 Å². The Labute approximate surface area is 262 Å². The van der Waals surface area contributed by atoms with Crippen LogP contribution in [0, 0.1) is 17.8 Å². The standard InChI is InChI=1S/C33H55N5O6/c1-4-5-6-10-23(11-9-18-39)43-30(42)33-29(41)25-13-8-7-12-24(25)28(40)32(33,44-33)16-14-21(2)19-26(38-31(35)36-3)22-15-17-37-27(34)20-22/h14,22-27,37,39H,4-13,15-20,34H2,1-3H3,(H3,35,36,38). The highest BCUT2D eigenvalue weighted by Crippen LogP contribution is 2.61. The van der Waals surface area contributed by atoms with Crippen molar-refractivity contribution < 1.29 is 29.0 Å². The summed E-state index contributed by atoms with van der Waals surface area (Å²) in [5, 5.41) is 16.0. The molecule has 8 unspecified atom stereocenters. The predicted octanol–water partition coefficient (Wildman–Crippen LogP) is 2.63. The SMILES string of the molecule is CCCCCC(CCCO)OC(=O)C12OC1(CC=C(C)CC(NC(N)=NC)C1CCNC(N)C1)C(=O)C1CCCCC1C2=O. The Morgan fingerprint density at radius 1 is 1.18 bits per heavy atom. The molecule has 0 radical (unpaired) electrons. The number of hydrogen-bond acceptors (Lipinski definition) is 9. The molecular formula is C33H55N5O6. The largest absolute Gasteiger partial charge is 0.460 e. The molecule has 11 nitrogen and oxygen atoms in total. The lowest BCUT2D eigenvalue weighted by molar-refractivity contribution is -0.163. The van der Waals surface area contributed by atoms with Crippen molar-refractivity contribution in [3.05, 3.63) is 11.6 Å². The van der Waals surface area contributed by atoms with Crippen molar-refractivity contribution >= 4 is 23.5 Å². The van der Waals surface area contributed by atoms with Gasteiger partial charge in [0, 0.05) is 38.0 Å². The average molecular weight is 618 g/mol. The van der Waals surface area contributed by atoms with Crippen LogP contribution in [0.1, 0.15) is 104 Å². The van der Waals surface area contributed by atoms with Gasteiger partial charge in [0.15, 0.2) is 23.1 Å². The minimum Gasteiger partial charge on any atom is -0.460 e. The number of nitrogens with one attached hydrogen (secondary N) is 2. The molecule has 7 N–H and O–H groups in total. The number of aliphatic hydroxyl groups excluding tert-OH is 1. The number of aliphatic hydroxyl groups is 1. The molecule has 11 heteroatoms. The van der Waals surface area contributed by atoms with E-state index in [1.54, 1.807) is 7.05 Å². The third kappa shape index (κ3) is 7.21. The molecule has 0 aromatic heterocycles. The third-order valence-corrected chi connectivity index (χ3v) is 10.3. The summed E-state index contributed by atoms with van der Waals surface area (Å²) in [7, 11) is 1.64. The van der Waals surface area contributed by atoms with Crippen LogP contribution < -0.4 is 22.1 Å². The maximum atomic E-state index is 14.1. The summed E-state index contributed by atoms with van der Waals surface area (Å²) in [6, 6.07) is -0.0164. The number of fused-ring (bicyclic) bond motifs is 2. The molecule has 248 valence electrons. The van der Waals surface area contributed by atoms with Crippen LogP contribution in [0.2, 0.25) is 0 Å². The number of nitrogens with zero attached hydrogens (tertiary/aromatic N) is 1. The van der Waals surface area contributed by atoms with Gasteiger partial charge in [-0.2, -0.15) is 0 Å². The zero-order valence-corrected chi connectivity index (χ0v) is 26.9. The molecule has 8 atom stereocenters. The number of esters is 1. The molecule has 2 aliphatic heterocycles. The van der Waals surface area contributed by atoms with Gasteiger partial charge in [0.05, 0.1) is 6.17 Å². The van der Waals surface area contributed by atoms with Crippen LogP contribution in [0.15, 0.2) is 16.6 Å². The van der Waals surface area contributed by atoms with Crippen molar-refractivity contribution in [3.8, 4) is 0 Å². The van der Waals surface area contributed by atoms with Crippen molar-refractivity contribution in [2.75, 3.05) is 20.2 Å². The molecule has 2 saturated carbocycles. The van der Waals surface area contributed by atoms with Gasteiger partial charge in [-0.1, -0.05) is 44.3 Å². The van der Waals surface area contributed by atoms with E-state index >= 15 is 0 Å². The Morgan fingerprint density at radius 3 is 2.55 bits per heavy atom. The highest BCUT2D eigenvalue weighted by molar-refractivity contribution is 6.23. The summed E-state index contributed by atoms with van der Waals surface area (Å²) < 4.78 is 12.2. The van der Waals surface area contributed by atoms with E-state index in [9.17, 15) is 19.5 Å². The Hall–Kier alpha value is -2.34. The normalized spacial score (nSPS) is 33.7. The van der Waals surface area contributed by atoms with Gasteiger partial charge < -0.3 is 36.7 Å². The minimum atomic E-state index is -1.89. The first-order valence-electron chi connectivity index (χ1n) is 16.9. The molecule has 2 aliphatic carbocycles. The highest BCUT2D eigenvalue weighted by atomic mass is 16.7. The van der Waals surface area contributed by atoms with Crippen molar-refractivity contribution in [2.45, 2.75) is 133 Å². The Morgan fingerprint density at radius 2 is 1.89 bits per heavy atom. The number of carbonyl (C=O) groups is 3. The topological polar surface area (TPSA) is 182 Å². The van der Waals surface area contributed by atoms with Gasteiger partial charge in [0.25, 0.3) is 5.60 Å². The maximum Gasteiger partial charge on any atom is 0.350 e. The lowest BCUT2D eigenvalue weighted by Crippen LogP contribution is -2.58. The maximum absolute atomic E-state index is 14.1. The van der Waals surface area contributed by atoms with E-state index in [0.717, 1.165) is 57.1 Å². The molecular weight excluding hydrogens is 562 g/mol. The van der Waals surface area contributed by atoms with Crippen LogP contribution in [0.25, 0.3) is 0 Å². The van der Waals surface area contributed by atoms with E-state index in [0.29, 0.717) is 44.5 Å². The van der Waals surface area contributed by atoms with Gasteiger partial charge in [-0.15, -0.1) is 0 Å². The molecule has 0 spiro atoms. The van der Waals surface area contributed by atoms with E-state index in [2.05, 4.69) is 22.5 Å². The molecule has 0 aromatic rings. The summed E-state index contributed by atoms with van der Waals surface area (Å²) >= 11 is 0. The van der Waals surface area contributed by atoms with E-state index in [1.807, 2.05) is 13.0 Å². The first-order chi connectivity index (χ1) is 21.1. The fourth-order valence-electron chi connectivity index (χ4n) is 7.74. The lowest BCUT2D eigenvalue weighted by Gasteiger charge is -2.37.